The number of benzene rings is 1. The van der Waals surface area contributed by atoms with Crippen molar-refractivity contribution in [3.8, 4) is 11.4 Å². The van der Waals surface area contributed by atoms with Crippen molar-refractivity contribution >= 4 is 23.3 Å². The summed E-state index contributed by atoms with van der Waals surface area (Å²) >= 11 is 5.86. The van der Waals surface area contributed by atoms with E-state index in [-0.39, 0.29) is 5.91 Å². The Morgan fingerprint density at radius 1 is 1.30 bits per heavy atom. The van der Waals surface area contributed by atoms with Gasteiger partial charge < -0.3 is 0 Å². The fourth-order valence-corrected chi connectivity index (χ4v) is 1.85. The molecule has 0 aliphatic heterocycles. The largest absolute Gasteiger partial charge is 0.274 e. The van der Waals surface area contributed by atoms with Crippen LogP contribution in [0.2, 0.25) is 5.02 Å². The monoisotopic (exact) mass is 290 g/mol. The molecule has 20 heavy (non-hydrogen) atoms. The molecule has 0 spiro atoms. The molecule has 1 amide bonds. The summed E-state index contributed by atoms with van der Waals surface area (Å²) in [6.45, 7) is 4.00. The fraction of sp³-hybridized carbons (Fsp3) is 0.214. The van der Waals surface area contributed by atoms with Crippen molar-refractivity contribution in [2.24, 2.45) is 0 Å². The lowest BCUT2D eigenvalue weighted by Gasteiger charge is -2.21. The predicted molar refractivity (Wildman–Crippen MR) is 79.3 cm³/mol. The van der Waals surface area contributed by atoms with Gasteiger partial charge >= 0.3 is 0 Å². The molecule has 5 nitrogen and oxygen atoms in total. The minimum atomic E-state index is -0.140. The summed E-state index contributed by atoms with van der Waals surface area (Å²) in [5.41, 5.74) is 3.59. The molecule has 0 unspecified atom stereocenters. The fourth-order valence-electron chi connectivity index (χ4n) is 1.73. The number of aromatic nitrogens is 2. The van der Waals surface area contributed by atoms with Gasteiger partial charge in [-0.2, -0.15) is 0 Å². The molecule has 1 aromatic heterocycles. The van der Waals surface area contributed by atoms with Gasteiger partial charge in [0.15, 0.2) is 11.6 Å². The zero-order valence-corrected chi connectivity index (χ0v) is 12.1. The standard InChI is InChI=1S/C14H15ClN4O/c1-3-19(18-10(2)20)13-8-9-16-14(17-13)11-4-6-12(15)7-5-11/h4-9H,3H2,1-2H3,(H,18,20). The Kier molecular flexibility index (Phi) is 4.53. The van der Waals surface area contributed by atoms with Crippen LogP contribution in [0.15, 0.2) is 36.5 Å². The van der Waals surface area contributed by atoms with Gasteiger partial charge in [0.05, 0.1) is 0 Å². The van der Waals surface area contributed by atoms with Crippen LogP contribution >= 0.6 is 11.6 Å². The lowest BCUT2D eigenvalue weighted by atomic mass is 10.2. The highest BCUT2D eigenvalue weighted by Crippen LogP contribution is 2.19. The highest BCUT2D eigenvalue weighted by molar-refractivity contribution is 6.30. The lowest BCUT2D eigenvalue weighted by Crippen LogP contribution is -2.41. The Balaban J connectivity index is 2.31. The summed E-state index contributed by atoms with van der Waals surface area (Å²) in [7, 11) is 0. The van der Waals surface area contributed by atoms with Crippen LogP contribution in [0.4, 0.5) is 5.82 Å². The number of carbonyl (C=O) groups excluding carboxylic acids is 1. The quantitative estimate of drug-likeness (QED) is 0.880. The van der Waals surface area contributed by atoms with Crippen LogP contribution in [0.5, 0.6) is 0 Å². The minimum absolute atomic E-state index is 0.140. The van der Waals surface area contributed by atoms with Gasteiger partial charge in [0.1, 0.15) is 0 Å². The first-order valence-electron chi connectivity index (χ1n) is 6.24. The maximum absolute atomic E-state index is 11.2. The third kappa shape index (κ3) is 3.45. The Hall–Kier alpha value is -2.14. The second-order valence-electron chi connectivity index (χ2n) is 4.16. The Morgan fingerprint density at radius 2 is 2.00 bits per heavy atom. The van der Waals surface area contributed by atoms with E-state index in [2.05, 4.69) is 15.4 Å². The molecule has 2 rings (SSSR count). The summed E-state index contributed by atoms with van der Waals surface area (Å²) in [5, 5.41) is 2.34. The van der Waals surface area contributed by atoms with Gasteiger partial charge in [0, 0.05) is 36.3 Å². The molecule has 0 radical (unpaired) electrons. The zero-order valence-electron chi connectivity index (χ0n) is 11.3. The second kappa shape index (κ2) is 6.34. The van der Waals surface area contributed by atoms with Gasteiger partial charge in [0.2, 0.25) is 5.91 Å². The minimum Gasteiger partial charge on any atom is -0.274 e. The molecule has 1 N–H and O–H groups in total. The topological polar surface area (TPSA) is 58.1 Å². The maximum atomic E-state index is 11.2. The van der Waals surface area contributed by atoms with Crippen molar-refractivity contribution < 1.29 is 4.79 Å². The molecule has 0 atom stereocenters. The van der Waals surface area contributed by atoms with E-state index in [1.807, 2.05) is 19.1 Å². The van der Waals surface area contributed by atoms with E-state index in [0.717, 1.165) is 5.56 Å². The molecular formula is C14H15ClN4O. The normalized spacial score (nSPS) is 10.2. The van der Waals surface area contributed by atoms with E-state index in [1.165, 1.54) is 6.92 Å². The number of nitrogens with one attached hydrogen (secondary N) is 1. The van der Waals surface area contributed by atoms with Crippen molar-refractivity contribution in [3.05, 3.63) is 41.6 Å². The van der Waals surface area contributed by atoms with Crippen LogP contribution in [0, 0.1) is 0 Å². The van der Waals surface area contributed by atoms with Crippen LogP contribution in [0.3, 0.4) is 0 Å². The van der Waals surface area contributed by atoms with E-state index in [1.54, 1.807) is 29.4 Å². The van der Waals surface area contributed by atoms with E-state index in [0.29, 0.717) is 23.2 Å². The molecule has 0 aliphatic carbocycles. The number of anilines is 1. The molecule has 1 heterocycles. The third-order valence-electron chi connectivity index (χ3n) is 2.63. The van der Waals surface area contributed by atoms with Gasteiger partial charge in [-0.3, -0.25) is 15.2 Å². The number of hydrazine groups is 1. The first kappa shape index (κ1) is 14.3. The number of hydrogen-bond donors (Lipinski definition) is 1. The molecule has 0 fully saturated rings. The molecule has 0 bridgehead atoms. The molecule has 1 aromatic carbocycles. The van der Waals surface area contributed by atoms with Crippen LogP contribution in [0.25, 0.3) is 11.4 Å². The summed E-state index contributed by atoms with van der Waals surface area (Å²) < 4.78 is 0. The van der Waals surface area contributed by atoms with E-state index in [9.17, 15) is 4.79 Å². The number of carbonyl (C=O) groups is 1. The molecule has 0 aliphatic rings. The number of rotatable bonds is 4. The average molecular weight is 291 g/mol. The molecule has 104 valence electrons. The van der Waals surface area contributed by atoms with Gasteiger partial charge in [0.25, 0.3) is 0 Å². The number of halogens is 1. The molecule has 0 saturated heterocycles. The van der Waals surface area contributed by atoms with Crippen LogP contribution in [-0.2, 0) is 4.79 Å². The maximum Gasteiger partial charge on any atom is 0.235 e. The average Bonchev–Trinajstić information content (AvgIpc) is 2.45. The van der Waals surface area contributed by atoms with Crippen LogP contribution in [-0.4, -0.2) is 22.4 Å². The highest BCUT2D eigenvalue weighted by atomic mass is 35.5. The lowest BCUT2D eigenvalue weighted by molar-refractivity contribution is -0.119. The van der Waals surface area contributed by atoms with E-state index >= 15 is 0 Å². The first-order valence-corrected chi connectivity index (χ1v) is 6.61. The van der Waals surface area contributed by atoms with Crippen molar-refractivity contribution in [1.82, 2.24) is 15.4 Å². The van der Waals surface area contributed by atoms with Gasteiger partial charge in [-0.25, -0.2) is 9.97 Å². The molecule has 2 aromatic rings. The molecule has 6 heteroatoms. The number of hydrogen-bond acceptors (Lipinski definition) is 4. The molecular weight excluding hydrogens is 276 g/mol. The van der Waals surface area contributed by atoms with Crippen LogP contribution in [0.1, 0.15) is 13.8 Å². The van der Waals surface area contributed by atoms with Crippen LogP contribution < -0.4 is 10.4 Å². The summed E-state index contributed by atoms with van der Waals surface area (Å²) in [6, 6.07) is 9.04. The predicted octanol–water partition coefficient (Wildman–Crippen LogP) is 2.67. The highest BCUT2D eigenvalue weighted by Gasteiger charge is 2.09. The third-order valence-corrected chi connectivity index (χ3v) is 2.88. The second-order valence-corrected chi connectivity index (χ2v) is 4.59. The Morgan fingerprint density at radius 3 is 2.60 bits per heavy atom. The molecule has 0 saturated carbocycles. The SMILES string of the molecule is CCN(NC(C)=O)c1ccnc(-c2ccc(Cl)cc2)n1. The van der Waals surface area contributed by atoms with Crippen molar-refractivity contribution in [1.29, 1.82) is 0 Å². The number of amides is 1. The van der Waals surface area contributed by atoms with Crippen molar-refractivity contribution in [2.75, 3.05) is 11.6 Å². The summed E-state index contributed by atoms with van der Waals surface area (Å²) in [6.07, 6.45) is 1.66. The Labute approximate surface area is 122 Å². The summed E-state index contributed by atoms with van der Waals surface area (Å²) in [5.74, 6) is 1.09. The van der Waals surface area contributed by atoms with Gasteiger partial charge in [-0.05, 0) is 31.2 Å². The zero-order chi connectivity index (χ0) is 14.5. The number of nitrogens with zero attached hydrogens (tertiary/aromatic N) is 3. The van der Waals surface area contributed by atoms with Gasteiger partial charge in [-0.1, -0.05) is 11.6 Å². The van der Waals surface area contributed by atoms with Gasteiger partial charge in [-0.15, -0.1) is 0 Å². The van der Waals surface area contributed by atoms with Crippen molar-refractivity contribution in [2.45, 2.75) is 13.8 Å². The first-order chi connectivity index (χ1) is 9.60. The van der Waals surface area contributed by atoms with E-state index in [4.69, 9.17) is 11.6 Å². The Bertz CT molecular complexity index is 600. The van der Waals surface area contributed by atoms with E-state index < -0.39 is 0 Å². The summed E-state index contributed by atoms with van der Waals surface area (Å²) in [4.78, 5) is 19.9. The smallest absolute Gasteiger partial charge is 0.235 e. The van der Waals surface area contributed by atoms with Crippen molar-refractivity contribution in [3.63, 3.8) is 0 Å².